The first-order chi connectivity index (χ1) is 9.26. The molecule has 0 aliphatic carbocycles. The highest BCUT2D eigenvalue weighted by Gasteiger charge is 2.21. The van der Waals surface area contributed by atoms with Crippen LogP contribution >= 0.6 is 0 Å². The quantitative estimate of drug-likeness (QED) is 0.719. The first kappa shape index (κ1) is 16.1. The first-order valence-electron chi connectivity index (χ1n) is 5.91. The Hall–Kier alpha value is -1.93. The van der Waals surface area contributed by atoms with E-state index < -0.39 is 22.0 Å². The summed E-state index contributed by atoms with van der Waals surface area (Å²) in [5, 5.41) is 11.3. The zero-order valence-electron chi connectivity index (χ0n) is 11.1. The lowest BCUT2D eigenvalue weighted by Crippen LogP contribution is -2.38. The Balaban J connectivity index is 2.87. The molecule has 0 aromatic heterocycles. The van der Waals surface area contributed by atoms with Crippen LogP contribution in [-0.4, -0.2) is 31.4 Å². The standard InChI is InChI=1S/C12H16N2O5S/c1-3-11(15)13-9-4-6-10(7-5-9)20(18,19)14-8(2)12(16)17/h4-8,14H,3H2,1-2H3,(H,13,15)(H,16,17)/t8-/m0/s1. The summed E-state index contributed by atoms with van der Waals surface area (Å²) in [5.74, 6) is -1.45. The molecule has 0 aliphatic heterocycles. The summed E-state index contributed by atoms with van der Waals surface area (Å²) in [6.07, 6.45) is 0.317. The van der Waals surface area contributed by atoms with E-state index in [2.05, 4.69) is 5.32 Å². The van der Waals surface area contributed by atoms with Crippen LogP contribution in [-0.2, 0) is 19.6 Å². The first-order valence-corrected chi connectivity index (χ1v) is 7.39. The molecule has 3 N–H and O–H groups in total. The number of carboxylic acids is 1. The molecule has 0 heterocycles. The van der Waals surface area contributed by atoms with E-state index in [-0.39, 0.29) is 10.8 Å². The van der Waals surface area contributed by atoms with Gasteiger partial charge in [-0.05, 0) is 31.2 Å². The molecule has 8 heteroatoms. The van der Waals surface area contributed by atoms with Crippen LogP contribution < -0.4 is 10.0 Å². The van der Waals surface area contributed by atoms with Crippen molar-refractivity contribution >= 4 is 27.6 Å². The lowest BCUT2D eigenvalue weighted by Gasteiger charge is -2.10. The van der Waals surface area contributed by atoms with Crippen molar-refractivity contribution in [1.82, 2.24) is 4.72 Å². The molecule has 1 atom stereocenters. The summed E-state index contributed by atoms with van der Waals surface area (Å²) >= 11 is 0. The Morgan fingerprint density at radius 1 is 1.25 bits per heavy atom. The number of rotatable bonds is 6. The molecular weight excluding hydrogens is 284 g/mol. The van der Waals surface area contributed by atoms with Crippen molar-refractivity contribution in [3.05, 3.63) is 24.3 Å². The predicted molar refractivity (Wildman–Crippen MR) is 72.8 cm³/mol. The number of carbonyl (C=O) groups excluding carboxylic acids is 1. The molecule has 7 nitrogen and oxygen atoms in total. The lowest BCUT2D eigenvalue weighted by molar-refractivity contribution is -0.138. The second-order valence-electron chi connectivity index (χ2n) is 4.11. The average molecular weight is 300 g/mol. The number of amides is 1. The summed E-state index contributed by atoms with van der Waals surface area (Å²) in [5.41, 5.74) is 0.474. The fourth-order valence-electron chi connectivity index (χ4n) is 1.32. The molecule has 0 aliphatic rings. The van der Waals surface area contributed by atoms with Gasteiger partial charge in [0.2, 0.25) is 15.9 Å². The zero-order valence-corrected chi connectivity index (χ0v) is 11.9. The number of hydrogen-bond acceptors (Lipinski definition) is 4. The van der Waals surface area contributed by atoms with E-state index in [1.165, 1.54) is 31.2 Å². The minimum Gasteiger partial charge on any atom is -0.480 e. The number of nitrogens with one attached hydrogen (secondary N) is 2. The summed E-state index contributed by atoms with van der Waals surface area (Å²) in [6.45, 7) is 2.93. The predicted octanol–water partition coefficient (Wildman–Crippen LogP) is 0.786. The van der Waals surface area contributed by atoms with Gasteiger partial charge in [0.15, 0.2) is 0 Å². The number of carbonyl (C=O) groups is 2. The highest BCUT2D eigenvalue weighted by Crippen LogP contribution is 2.14. The minimum absolute atomic E-state index is 0.0694. The Morgan fingerprint density at radius 2 is 1.80 bits per heavy atom. The van der Waals surface area contributed by atoms with Crippen LogP contribution in [0.1, 0.15) is 20.3 Å². The smallest absolute Gasteiger partial charge is 0.321 e. The molecular formula is C12H16N2O5S. The Bertz CT molecular complexity index is 595. The molecule has 1 aromatic carbocycles. The summed E-state index contributed by atoms with van der Waals surface area (Å²) < 4.78 is 25.8. The van der Waals surface area contributed by atoms with Crippen molar-refractivity contribution in [3.63, 3.8) is 0 Å². The Kier molecular flexibility index (Phi) is 5.23. The van der Waals surface area contributed by atoms with Crippen molar-refractivity contribution in [2.75, 3.05) is 5.32 Å². The van der Waals surface area contributed by atoms with Crippen LogP contribution in [0, 0.1) is 0 Å². The van der Waals surface area contributed by atoms with Gasteiger partial charge >= 0.3 is 5.97 Å². The number of benzene rings is 1. The van der Waals surface area contributed by atoms with Gasteiger partial charge in [-0.2, -0.15) is 4.72 Å². The third-order valence-corrected chi connectivity index (χ3v) is 4.03. The van der Waals surface area contributed by atoms with Gasteiger partial charge in [0.1, 0.15) is 6.04 Å². The fourth-order valence-corrected chi connectivity index (χ4v) is 2.51. The molecule has 0 radical (unpaired) electrons. The number of hydrogen-bond donors (Lipinski definition) is 3. The maximum Gasteiger partial charge on any atom is 0.321 e. The molecule has 1 amide bonds. The summed E-state index contributed by atoms with van der Waals surface area (Å²) in [7, 11) is -3.90. The number of carboxylic acid groups (broad SMARTS) is 1. The fraction of sp³-hybridized carbons (Fsp3) is 0.333. The van der Waals surface area contributed by atoms with Crippen LogP contribution in [0.4, 0.5) is 5.69 Å². The van der Waals surface area contributed by atoms with Crippen LogP contribution in [0.15, 0.2) is 29.2 Å². The van der Waals surface area contributed by atoms with E-state index in [1.54, 1.807) is 6.92 Å². The lowest BCUT2D eigenvalue weighted by atomic mass is 10.3. The Morgan fingerprint density at radius 3 is 2.25 bits per heavy atom. The average Bonchev–Trinajstić information content (AvgIpc) is 2.38. The highest BCUT2D eigenvalue weighted by atomic mass is 32.2. The van der Waals surface area contributed by atoms with Gasteiger partial charge in [-0.1, -0.05) is 6.92 Å². The van der Waals surface area contributed by atoms with Gasteiger partial charge in [-0.25, -0.2) is 8.42 Å². The molecule has 1 rings (SSSR count). The molecule has 0 bridgehead atoms. The molecule has 0 spiro atoms. The van der Waals surface area contributed by atoms with Crippen molar-refractivity contribution < 1.29 is 23.1 Å². The maximum absolute atomic E-state index is 11.9. The molecule has 110 valence electrons. The monoisotopic (exact) mass is 300 g/mol. The third kappa shape index (κ3) is 4.32. The number of aliphatic carboxylic acids is 1. The maximum atomic E-state index is 11.9. The van der Waals surface area contributed by atoms with Crippen LogP contribution in [0.2, 0.25) is 0 Å². The third-order valence-electron chi connectivity index (χ3n) is 2.47. The van der Waals surface area contributed by atoms with Crippen molar-refractivity contribution in [3.8, 4) is 0 Å². The van der Waals surface area contributed by atoms with E-state index in [4.69, 9.17) is 5.11 Å². The van der Waals surface area contributed by atoms with Crippen molar-refractivity contribution in [2.45, 2.75) is 31.2 Å². The topological polar surface area (TPSA) is 113 Å². The molecule has 0 fully saturated rings. The van der Waals surface area contributed by atoms with E-state index in [1.807, 2.05) is 4.72 Å². The second-order valence-corrected chi connectivity index (χ2v) is 5.82. The van der Waals surface area contributed by atoms with Crippen LogP contribution in [0.3, 0.4) is 0 Å². The van der Waals surface area contributed by atoms with Crippen LogP contribution in [0.5, 0.6) is 0 Å². The summed E-state index contributed by atoms with van der Waals surface area (Å²) in [6, 6.07) is 4.24. The van der Waals surface area contributed by atoms with E-state index in [9.17, 15) is 18.0 Å². The van der Waals surface area contributed by atoms with Gasteiger partial charge in [0.25, 0.3) is 0 Å². The second kappa shape index (κ2) is 6.49. The highest BCUT2D eigenvalue weighted by molar-refractivity contribution is 7.89. The van der Waals surface area contributed by atoms with E-state index >= 15 is 0 Å². The van der Waals surface area contributed by atoms with E-state index in [0.717, 1.165) is 0 Å². The molecule has 0 unspecified atom stereocenters. The van der Waals surface area contributed by atoms with Gasteiger partial charge < -0.3 is 10.4 Å². The van der Waals surface area contributed by atoms with Gasteiger partial charge in [0, 0.05) is 12.1 Å². The van der Waals surface area contributed by atoms with Crippen molar-refractivity contribution in [2.24, 2.45) is 0 Å². The SMILES string of the molecule is CCC(=O)Nc1ccc(S(=O)(=O)N[C@@H](C)C(=O)O)cc1. The summed E-state index contributed by atoms with van der Waals surface area (Å²) in [4.78, 5) is 21.7. The molecule has 0 saturated carbocycles. The van der Waals surface area contributed by atoms with Gasteiger partial charge in [-0.15, -0.1) is 0 Å². The largest absolute Gasteiger partial charge is 0.480 e. The normalized spacial score (nSPS) is 12.7. The van der Waals surface area contributed by atoms with Gasteiger partial charge in [0.05, 0.1) is 4.90 Å². The van der Waals surface area contributed by atoms with E-state index in [0.29, 0.717) is 12.1 Å². The zero-order chi connectivity index (χ0) is 15.3. The molecule has 0 saturated heterocycles. The Labute approximate surface area is 117 Å². The molecule has 1 aromatic rings. The van der Waals surface area contributed by atoms with Crippen LogP contribution in [0.25, 0.3) is 0 Å². The minimum atomic E-state index is -3.90. The number of anilines is 1. The van der Waals surface area contributed by atoms with Gasteiger partial charge in [-0.3, -0.25) is 9.59 Å². The van der Waals surface area contributed by atoms with Crippen molar-refractivity contribution in [1.29, 1.82) is 0 Å². The molecule has 20 heavy (non-hydrogen) atoms. The number of sulfonamides is 1.